The number of carbonyl (C=O) groups is 1. The minimum Gasteiger partial charge on any atom is -0.454 e. The fourth-order valence-electron chi connectivity index (χ4n) is 5.77. The first kappa shape index (κ1) is 27.5. The second kappa shape index (κ2) is 12.9. The van der Waals surface area contributed by atoms with Crippen molar-refractivity contribution in [1.29, 1.82) is 0 Å². The molecule has 0 saturated carbocycles. The Labute approximate surface area is 246 Å². The maximum absolute atomic E-state index is 13.2. The van der Waals surface area contributed by atoms with Crippen LogP contribution in [0.4, 0.5) is 0 Å². The zero-order chi connectivity index (χ0) is 28.0. The number of rotatable bonds is 10. The number of benzene rings is 3. The van der Waals surface area contributed by atoms with Crippen molar-refractivity contribution < 1.29 is 14.3 Å². The van der Waals surface area contributed by atoms with E-state index in [1.54, 1.807) is 11.3 Å². The van der Waals surface area contributed by atoms with Crippen LogP contribution in [0, 0.1) is 5.92 Å². The molecule has 41 heavy (non-hydrogen) atoms. The van der Waals surface area contributed by atoms with E-state index in [4.69, 9.17) is 14.5 Å². The summed E-state index contributed by atoms with van der Waals surface area (Å²) in [4.78, 5) is 22.4. The molecule has 0 N–H and O–H groups in total. The lowest BCUT2D eigenvalue weighted by molar-refractivity contribution is 0.0691. The van der Waals surface area contributed by atoms with Crippen LogP contribution in [0.3, 0.4) is 0 Å². The number of aromatic nitrogens is 1. The summed E-state index contributed by atoms with van der Waals surface area (Å²) in [5, 5.41) is 2.90. The molecular formula is C34H37N3O3S. The van der Waals surface area contributed by atoms with Crippen molar-refractivity contribution in [2.75, 3.05) is 26.4 Å². The minimum atomic E-state index is 0.0648. The van der Waals surface area contributed by atoms with Crippen molar-refractivity contribution in [2.45, 2.75) is 45.2 Å². The Morgan fingerprint density at radius 2 is 1.63 bits per heavy atom. The van der Waals surface area contributed by atoms with Crippen molar-refractivity contribution in [3.63, 3.8) is 0 Å². The number of likely N-dealkylation sites (tertiary alicyclic amines) is 1. The van der Waals surface area contributed by atoms with Gasteiger partial charge in [-0.05, 0) is 60.5 Å². The highest BCUT2D eigenvalue weighted by Crippen LogP contribution is 2.34. The van der Waals surface area contributed by atoms with Crippen LogP contribution in [0.15, 0.2) is 84.2 Å². The number of piperidine rings is 1. The Bertz CT molecular complexity index is 1390. The zero-order valence-corrected chi connectivity index (χ0v) is 24.4. The molecule has 2 aliphatic heterocycles. The number of ether oxygens (including phenoxy) is 2. The van der Waals surface area contributed by atoms with E-state index in [2.05, 4.69) is 84.6 Å². The number of hydrogen-bond acceptors (Lipinski definition) is 6. The maximum atomic E-state index is 13.2. The lowest BCUT2D eigenvalue weighted by atomic mass is 9.88. The van der Waals surface area contributed by atoms with Crippen LogP contribution < -0.4 is 9.47 Å². The van der Waals surface area contributed by atoms with Gasteiger partial charge >= 0.3 is 0 Å². The van der Waals surface area contributed by atoms with Gasteiger partial charge in [-0.3, -0.25) is 9.69 Å². The van der Waals surface area contributed by atoms with Gasteiger partial charge in [0.2, 0.25) is 6.79 Å². The first-order valence-corrected chi connectivity index (χ1v) is 15.4. The second-order valence-corrected chi connectivity index (χ2v) is 12.1. The van der Waals surface area contributed by atoms with Crippen molar-refractivity contribution >= 4 is 17.2 Å². The third kappa shape index (κ3) is 6.80. The summed E-state index contributed by atoms with van der Waals surface area (Å²) < 4.78 is 11.2. The number of fused-ring (bicyclic) bond motifs is 1. The minimum absolute atomic E-state index is 0.0648. The highest BCUT2D eigenvalue weighted by Gasteiger charge is 2.24. The van der Waals surface area contributed by atoms with E-state index in [0.717, 1.165) is 61.9 Å². The van der Waals surface area contributed by atoms with Gasteiger partial charge in [0, 0.05) is 30.9 Å². The second-order valence-electron chi connectivity index (χ2n) is 11.2. The van der Waals surface area contributed by atoms with Crippen LogP contribution >= 0.6 is 11.3 Å². The van der Waals surface area contributed by atoms with Gasteiger partial charge in [-0.25, -0.2) is 4.98 Å². The van der Waals surface area contributed by atoms with Crippen LogP contribution in [0.5, 0.6) is 11.5 Å². The lowest BCUT2D eigenvalue weighted by Gasteiger charge is -2.29. The first-order chi connectivity index (χ1) is 20.1. The average molecular weight is 568 g/mol. The van der Waals surface area contributed by atoms with Gasteiger partial charge in [-0.1, -0.05) is 73.7 Å². The molecule has 1 aromatic heterocycles. The standard InChI is InChI=1S/C34H37N3O3S/c1-25-14-18-37(19-15-25)34(38)30-23-41-33(35-30)22-36(21-26-12-13-31-32(20-26)40-24-39-31)17-16-29(27-8-4-2-5-9-27)28-10-6-3-7-11-28/h2-13,20,23,25,29H,14-19,21-22,24H2,1H3. The van der Waals surface area contributed by atoms with Gasteiger partial charge in [0.05, 0.1) is 6.54 Å². The summed E-state index contributed by atoms with van der Waals surface area (Å²) >= 11 is 1.58. The Morgan fingerprint density at radius 3 is 2.34 bits per heavy atom. The maximum Gasteiger partial charge on any atom is 0.273 e. The molecule has 0 spiro atoms. The molecular weight excluding hydrogens is 530 g/mol. The highest BCUT2D eigenvalue weighted by molar-refractivity contribution is 7.09. The smallest absolute Gasteiger partial charge is 0.273 e. The molecule has 4 aromatic rings. The largest absolute Gasteiger partial charge is 0.454 e. The summed E-state index contributed by atoms with van der Waals surface area (Å²) in [5.41, 5.74) is 4.38. The Morgan fingerprint density at radius 1 is 0.951 bits per heavy atom. The van der Waals surface area contributed by atoms with Crippen LogP contribution in [0.25, 0.3) is 0 Å². The van der Waals surface area contributed by atoms with E-state index in [1.165, 1.54) is 16.7 Å². The van der Waals surface area contributed by atoms with Crippen molar-refractivity contribution in [3.05, 3.63) is 112 Å². The van der Waals surface area contributed by atoms with E-state index in [0.29, 0.717) is 18.2 Å². The molecule has 1 amide bonds. The first-order valence-electron chi connectivity index (χ1n) is 14.6. The SMILES string of the molecule is CC1CCN(C(=O)c2csc(CN(CCC(c3ccccc3)c3ccccc3)Cc3ccc4c(c3)OCO4)n2)CC1. The fraction of sp³-hybridized carbons (Fsp3) is 0.353. The van der Waals surface area contributed by atoms with Crippen LogP contribution in [0.2, 0.25) is 0 Å². The number of carbonyl (C=O) groups excluding carboxylic acids is 1. The predicted octanol–water partition coefficient (Wildman–Crippen LogP) is 6.97. The molecule has 7 heteroatoms. The molecule has 6 nitrogen and oxygen atoms in total. The molecule has 3 aromatic carbocycles. The normalized spacial score (nSPS) is 15.1. The van der Waals surface area contributed by atoms with Gasteiger partial charge in [0.15, 0.2) is 11.5 Å². The Balaban J connectivity index is 1.21. The van der Waals surface area contributed by atoms with Crippen LogP contribution in [0.1, 0.15) is 64.3 Å². The molecule has 3 heterocycles. The quantitative estimate of drug-likeness (QED) is 0.207. The van der Waals surface area contributed by atoms with E-state index in [1.807, 2.05) is 16.3 Å². The predicted molar refractivity (Wildman–Crippen MR) is 162 cm³/mol. The van der Waals surface area contributed by atoms with E-state index in [-0.39, 0.29) is 18.6 Å². The van der Waals surface area contributed by atoms with E-state index >= 15 is 0 Å². The number of amides is 1. The topological polar surface area (TPSA) is 54.9 Å². The van der Waals surface area contributed by atoms with Crippen molar-refractivity contribution in [3.8, 4) is 11.5 Å². The Hall–Kier alpha value is -3.68. The molecule has 1 saturated heterocycles. The number of thiazole rings is 1. The molecule has 0 radical (unpaired) electrons. The summed E-state index contributed by atoms with van der Waals surface area (Å²) in [7, 11) is 0. The van der Waals surface area contributed by atoms with Gasteiger partial charge < -0.3 is 14.4 Å². The van der Waals surface area contributed by atoms with Crippen molar-refractivity contribution in [2.24, 2.45) is 5.92 Å². The van der Waals surface area contributed by atoms with Gasteiger partial charge in [0.1, 0.15) is 10.7 Å². The number of nitrogens with zero attached hydrogens (tertiary/aromatic N) is 3. The third-order valence-corrected chi connectivity index (χ3v) is 9.02. The molecule has 6 rings (SSSR count). The van der Waals surface area contributed by atoms with Crippen molar-refractivity contribution in [1.82, 2.24) is 14.8 Å². The lowest BCUT2D eigenvalue weighted by Crippen LogP contribution is -2.38. The molecule has 212 valence electrons. The van der Waals surface area contributed by atoms with Gasteiger partial charge in [-0.15, -0.1) is 11.3 Å². The summed E-state index contributed by atoms with van der Waals surface area (Å²) in [5.74, 6) is 2.63. The summed E-state index contributed by atoms with van der Waals surface area (Å²) in [6.07, 6.45) is 3.09. The Kier molecular flexibility index (Phi) is 8.63. The zero-order valence-electron chi connectivity index (χ0n) is 23.6. The highest BCUT2D eigenvalue weighted by atomic mass is 32.1. The van der Waals surface area contributed by atoms with Gasteiger partial charge in [0.25, 0.3) is 5.91 Å². The molecule has 0 atom stereocenters. The van der Waals surface area contributed by atoms with E-state index < -0.39 is 0 Å². The third-order valence-electron chi connectivity index (χ3n) is 8.18. The fourth-order valence-corrected chi connectivity index (χ4v) is 6.58. The molecule has 0 aliphatic carbocycles. The molecule has 1 fully saturated rings. The summed E-state index contributed by atoms with van der Waals surface area (Å²) in [6.45, 7) is 6.48. The van der Waals surface area contributed by atoms with Crippen LogP contribution in [-0.4, -0.2) is 47.1 Å². The average Bonchev–Trinajstić information content (AvgIpc) is 3.68. The van der Waals surface area contributed by atoms with E-state index in [9.17, 15) is 4.79 Å². The molecule has 0 bridgehead atoms. The number of hydrogen-bond donors (Lipinski definition) is 0. The molecule has 2 aliphatic rings. The molecule has 0 unspecified atom stereocenters. The van der Waals surface area contributed by atoms with Gasteiger partial charge in [-0.2, -0.15) is 0 Å². The summed E-state index contributed by atoms with van der Waals surface area (Å²) in [6, 6.07) is 27.7. The monoisotopic (exact) mass is 567 g/mol. The van der Waals surface area contributed by atoms with Crippen LogP contribution in [-0.2, 0) is 13.1 Å².